The number of nitrogens with one attached hydrogen (secondary N) is 5. The van der Waals surface area contributed by atoms with E-state index in [0.29, 0.717) is 32.2 Å². The Bertz CT molecular complexity index is 1030. The van der Waals surface area contributed by atoms with E-state index in [1.807, 2.05) is 24.3 Å². The molecule has 1 aromatic carbocycles. The number of amides is 3. The Morgan fingerprint density at radius 1 is 1.11 bits per heavy atom. The average Bonchev–Trinajstić information content (AvgIpc) is 3.52. The molecule has 0 saturated carbocycles. The van der Waals surface area contributed by atoms with E-state index in [1.165, 1.54) is 0 Å². The quantitative estimate of drug-likeness (QED) is 0.191. The first kappa shape index (κ1) is 26.2. The van der Waals surface area contributed by atoms with Crippen LogP contribution in [0.4, 0.5) is 0 Å². The van der Waals surface area contributed by atoms with E-state index in [-0.39, 0.29) is 24.9 Å². The summed E-state index contributed by atoms with van der Waals surface area (Å²) in [5.41, 5.74) is 7.19. The maximum Gasteiger partial charge on any atom is 0.326 e. The van der Waals surface area contributed by atoms with Crippen LogP contribution in [0.1, 0.15) is 37.7 Å². The van der Waals surface area contributed by atoms with Crippen LogP contribution in [0.2, 0.25) is 0 Å². The normalized spacial score (nSPS) is 17.0. The fourth-order valence-corrected chi connectivity index (χ4v) is 4.20. The van der Waals surface area contributed by atoms with Crippen LogP contribution >= 0.6 is 0 Å². The van der Waals surface area contributed by atoms with Crippen LogP contribution in [-0.2, 0) is 25.6 Å². The summed E-state index contributed by atoms with van der Waals surface area (Å²) in [6.45, 7) is 0.928. The molecule has 3 atom stereocenters. The zero-order valence-electron chi connectivity index (χ0n) is 19.6. The Hall–Kier alpha value is -3.44. The lowest BCUT2D eigenvalue weighted by Crippen LogP contribution is -2.54. The van der Waals surface area contributed by atoms with Crippen LogP contribution < -0.4 is 27.0 Å². The van der Waals surface area contributed by atoms with Crippen LogP contribution in [0, 0.1) is 0 Å². The van der Waals surface area contributed by atoms with Gasteiger partial charge in [0.15, 0.2) is 0 Å². The number of fused-ring (bicyclic) bond motifs is 1. The highest BCUT2D eigenvalue weighted by Gasteiger charge is 2.28. The van der Waals surface area contributed by atoms with Crippen molar-refractivity contribution in [1.29, 1.82) is 0 Å². The van der Waals surface area contributed by atoms with Crippen LogP contribution in [0.15, 0.2) is 30.5 Å². The fraction of sp³-hybridized carbons (Fsp3) is 0.500. The maximum absolute atomic E-state index is 13.0. The number of rotatable bonds is 13. The number of hydrogen-bond acceptors (Lipinski definition) is 6. The highest BCUT2D eigenvalue weighted by Crippen LogP contribution is 2.19. The van der Waals surface area contributed by atoms with Gasteiger partial charge in [-0.3, -0.25) is 14.4 Å². The van der Waals surface area contributed by atoms with Gasteiger partial charge in [0.05, 0.1) is 12.6 Å². The molecule has 3 rings (SSSR count). The molecule has 8 N–H and O–H groups in total. The summed E-state index contributed by atoms with van der Waals surface area (Å²) in [6, 6.07) is 5.07. The van der Waals surface area contributed by atoms with Crippen molar-refractivity contribution in [3.63, 3.8) is 0 Å². The molecule has 3 unspecified atom stereocenters. The van der Waals surface area contributed by atoms with Crippen molar-refractivity contribution in [3.05, 3.63) is 36.0 Å². The summed E-state index contributed by atoms with van der Waals surface area (Å²) in [4.78, 5) is 52.6. The molecule has 0 radical (unpaired) electrons. The number of aliphatic carboxylic acids is 1. The van der Waals surface area contributed by atoms with Gasteiger partial charge in [-0.05, 0) is 56.8 Å². The molecule has 0 aliphatic carbocycles. The third kappa shape index (κ3) is 7.52. The standard InChI is InChI=1S/C24H34N6O5/c25-10-4-3-8-19(29-21(31)14-28-22(32)18-9-5-11-26-18)23(33)30-20(24(34)35)12-15-13-27-17-7-2-1-6-16(15)17/h1-2,6-7,13,18-20,26-27H,3-5,8-12,14,25H2,(H,28,32)(H,29,31)(H,30,33)(H,34,35). The monoisotopic (exact) mass is 486 g/mol. The van der Waals surface area contributed by atoms with E-state index in [4.69, 9.17) is 5.73 Å². The number of carbonyl (C=O) groups excluding carboxylic acids is 3. The lowest BCUT2D eigenvalue weighted by Gasteiger charge is -2.22. The van der Waals surface area contributed by atoms with Crippen LogP contribution in [-0.4, -0.2) is 71.5 Å². The topological polar surface area (TPSA) is 178 Å². The van der Waals surface area contributed by atoms with E-state index in [2.05, 4.69) is 26.3 Å². The third-order valence-corrected chi connectivity index (χ3v) is 6.11. The van der Waals surface area contributed by atoms with Gasteiger partial charge in [-0.25, -0.2) is 4.79 Å². The van der Waals surface area contributed by atoms with Crippen molar-refractivity contribution >= 4 is 34.6 Å². The first-order valence-corrected chi connectivity index (χ1v) is 12.0. The Labute approximate surface area is 203 Å². The number of unbranched alkanes of at least 4 members (excludes halogenated alkanes) is 1. The van der Waals surface area contributed by atoms with Crippen molar-refractivity contribution in [2.24, 2.45) is 5.73 Å². The second kappa shape index (κ2) is 12.9. The fourth-order valence-electron chi connectivity index (χ4n) is 4.20. The minimum absolute atomic E-state index is 0.0823. The summed E-state index contributed by atoms with van der Waals surface area (Å²) in [6.07, 6.45) is 4.96. The SMILES string of the molecule is NCCCCC(NC(=O)CNC(=O)C1CCCN1)C(=O)NC(Cc1c[nH]c2ccccc12)C(=O)O. The first-order valence-electron chi connectivity index (χ1n) is 12.0. The molecule has 11 nitrogen and oxygen atoms in total. The molecule has 1 aliphatic rings. The second-order valence-corrected chi connectivity index (χ2v) is 8.73. The summed E-state index contributed by atoms with van der Waals surface area (Å²) in [5, 5.41) is 21.5. The summed E-state index contributed by atoms with van der Waals surface area (Å²) < 4.78 is 0. The van der Waals surface area contributed by atoms with Crippen molar-refractivity contribution < 1.29 is 24.3 Å². The van der Waals surface area contributed by atoms with Gasteiger partial charge < -0.3 is 37.1 Å². The zero-order chi connectivity index (χ0) is 25.2. The Kier molecular flexibility index (Phi) is 9.62. The van der Waals surface area contributed by atoms with Crippen LogP contribution in [0.25, 0.3) is 10.9 Å². The molecule has 1 aliphatic heterocycles. The second-order valence-electron chi connectivity index (χ2n) is 8.73. The maximum atomic E-state index is 13.0. The van der Waals surface area contributed by atoms with Gasteiger partial charge in [0.25, 0.3) is 0 Å². The number of nitrogens with two attached hydrogens (primary N) is 1. The number of carboxylic acid groups (broad SMARTS) is 1. The number of benzene rings is 1. The number of carbonyl (C=O) groups is 4. The van der Waals surface area contributed by atoms with E-state index in [1.54, 1.807) is 6.20 Å². The Morgan fingerprint density at radius 3 is 2.63 bits per heavy atom. The predicted octanol–water partition coefficient (Wildman–Crippen LogP) is -0.238. The molecular weight excluding hydrogens is 452 g/mol. The van der Waals surface area contributed by atoms with Crippen LogP contribution in [0.3, 0.4) is 0 Å². The van der Waals surface area contributed by atoms with Gasteiger partial charge >= 0.3 is 5.97 Å². The molecule has 190 valence electrons. The predicted molar refractivity (Wildman–Crippen MR) is 130 cm³/mol. The molecule has 2 aromatic rings. The number of hydrogen-bond donors (Lipinski definition) is 7. The molecule has 1 fully saturated rings. The summed E-state index contributed by atoms with van der Waals surface area (Å²) in [5.74, 6) is -2.54. The molecule has 11 heteroatoms. The molecule has 1 saturated heterocycles. The van der Waals surface area contributed by atoms with Crippen molar-refractivity contribution in [2.75, 3.05) is 19.6 Å². The number of carboxylic acids is 1. The van der Waals surface area contributed by atoms with Gasteiger partial charge in [0.2, 0.25) is 17.7 Å². The Balaban J connectivity index is 1.60. The van der Waals surface area contributed by atoms with Crippen molar-refractivity contribution in [2.45, 2.75) is 56.7 Å². The largest absolute Gasteiger partial charge is 0.480 e. The van der Waals surface area contributed by atoms with E-state index < -0.39 is 29.9 Å². The van der Waals surface area contributed by atoms with E-state index in [0.717, 1.165) is 29.4 Å². The molecule has 0 bridgehead atoms. The van der Waals surface area contributed by atoms with Gasteiger partial charge in [0.1, 0.15) is 12.1 Å². The smallest absolute Gasteiger partial charge is 0.326 e. The molecule has 2 heterocycles. The molecular formula is C24H34N6O5. The number of para-hydroxylation sites is 1. The highest BCUT2D eigenvalue weighted by molar-refractivity contribution is 5.93. The van der Waals surface area contributed by atoms with E-state index in [9.17, 15) is 24.3 Å². The molecule has 35 heavy (non-hydrogen) atoms. The molecule has 1 aromatic heterocycles. The summed E-state index contributed by atoms with van der Waals surface area (Å²) in [7, 11) is 0. The third-order valence-electron chi connectivity index (χ3n) is 6.11. The number of aromatic nitrogens is 1. The number of H-pyrrole nitrogens is 1. The molecule has 3 amide bonds. The van der Waals surface area contributed by atoms with Gasteiger partial charge in [-0.2, -0.15) is 0 Å². The Morgan fingerprint density at radius 2 is 1.91 bits per heavy atom. The summed E-state index contributed by atoms with van der Waals surface area (Å²) >= 11 is 0. The minimum Gasteiger partial charge on any atom is -0.480 e. The highest BCUT2D eigenvalue weighted by atomic mass is 16.4. The lowest BCUT2D eigenvalue weighted by atomic mass is 10.0. The van der Waals surface area contributed by atoms with Gasteiger partial charge in [-0.1, -0.05) is 18.2 Å². The molecule has 0 spiro atoms. The minimum atomic E-state index is -1.18. The van der Waals surface area contributed by atoms with Gasteiger partial charge in [0, 0.05) is 23.5 Å². The zero-order valence-corrected chi connectivity index (χ0v) is 19.6. The van der Waals surface area contributed by atoms with Crippen molar-refractivity contribution in [3.8, 4) is 0 Å². The average molecular weight is 487 g/mol. The lowest BCUT2D eigenvalue weighted by molar-refractivity contribution is -0.142. The first-order chi connectivity index (χ1) is 16.9. The van der Waals surface area contributed by atoms with Gasteiger partial charge in [-0.15, -0.1) is 0 Å². The number of aromatic amines is 1. The van der Waals surface area contributed by atoms with E-state index >= 15 is 0 Å². The van der Waals surface area contributed by atoms with Crippen molar-refractivity contribution in [1.82, 2.24) is 26.3 Å². The van der Waals surface area contributed by atoms with Crippen LogP contribution in [0.5, 0.6) is 0 Å².